The van der Waals surface area contributed by atoms with Crippen molar-refractivity contribution in [1.29, 1.82) is 0 Å². The zero-order valence-corrected chi connectivity index (χ0v) is 39.4. The normalized spacial score (nSPS) is 14.2. The van der Waals surface area contributed by atoms with E-state index in [1.54, 1.807) is 6.07 Å². The van der Waals surface area contributed by atoms with E-state index < -0.39 is 0 Å². The lowest BCUT2D eigenvalue weighted by Crippen LogP contribution is -2.36. The summed E-state index contributed by atoms with van der Waals surface area (Å²) in [6, 6.07) is 12.0. The summed E-state index contributed by atoms with van der Waals surface area (Å²) in [5, 5.41) is 8.31. The number of nitrogens with two attached hydrogens (primary N) is 2. The molecule has 0 atom stereocenters. The minimum absolute atomic E-state index is 0.0492. The minimum atomic E-state index is -0.369. The van der Waals surface area contributed by atoms with E-state index >= 15 is 0 Å². The third-order valence-corrected chi connectivity index (χ3v) is 11.6. The molecule has 5 aromatic rings. The number of benzene rings is 2. The Hall–Kier alpha value is -5.52. The predicted octanol–water partition coefficient (Wildman–Crippen LogP) is 4.31. The van der Waals surface area contributed by atoms with Crippen molar-refractivity contribution in [1.82, 2.24) is 34.9 Å². The maximum Gasteiger partial charge on any atom is 0.407 e. The van der Waals surface area contributed by atoms with Gasteiger partial charge in [0.2, 0.25) is 5.91 Å². The summed E-state index contributed by atoms with van der Waals surface area (Å²) in [6.45, 7) is 9.15. The summed E-state index contributed by atoms with van der Waals surface area (Å²) in [6.07, 6.45) is 7.56. The number of nitrogen functional groups attached to an aromatic ring is 2. The van der Waals surface area contributed by atoms with Crippen molar-refractivity contribution in [3.63, 3.8) is 0 Å². The van der Waals surface area contributed by atoms with Gasteiger partial charge in [0.1, 0.15) is 29.5 Å². The number of hydrogen-bond acceptors (Lipinski definition) is 18. The van der Waals surface area contributed by atoms with Crippen LogP contribution >= 0.6 is 0 Å². The molecular weight excluding hydrogens is 895 g/mol. The standard InChI is InChI=1S/C48H67N9O12/c49-45-43-44(37-8-9-41-40(31-37)54-47(50)69-41)55-57(46(43)53-34-52-45)32-35-6-7-38-33-56(13-10-36(38)30-35)42(58)11-14-60-16-18-62-20-22-64-24-26-66-28-29-67-27-25-65-23-21-63-19-17-61-15-12-51-48(59)68-39-4-2-1-3-5-39/h6-9,30-31,34,39H,1-5,10-29,32-33H2,(H2,50,54)(H,51,59)(H2,49,52,53). The first-order valence-corrected chi connectivity index (χ1v) is 24.0. The molecule has 2 amide bonds. The lowest BCUT2D eigenvalue weighted by Gasteiger charge is -2.29. The molecule has 376 valence electrons. The molecule has 2 aromatic carbocycles. The molecule has 1 fully saturated rings. The van der Waals surface area contributed by atoms with E-state index in [9.17, 15) is 9.59 Å². The Bertz CT molecular complexity index is 2340. The third-order valence-electron chi connectivity index (χ3n) is 11.6. The Morgan fingerprint density at radius 2 is 1.33 bits per heavy atom. The predicted molar refractivity (Wildman–Crippen MR) is 254 cm³/mol. The van der Waals surface area contributed by atoms with Gasteiger partial charge >= 0.3 is 6.09 Å². The minimum Gasteiger partial charge on any atom is -0.446 e. The van der Waals surface area contributed by atoms with Crippen molar-refractivity contribution in [2.45, 2.75) is 64.1 Å². The molecule has 0 saturated heterocycles. The fraction of sp³-hybridized carbons (Fsp3) is 0.583. The highest BCUT2D eigenvalue weighted by atomic mass is 16.6. The van der Waals surface area contributed by atoms with E-state index in [2.05, 4.69) is 38.5 Å². The molecule has 2 aliphatic rings. The molecule has 21 nitrogen and oxygen atoms in total. The van der Waals surface area contributed by atoms with Gasteiger partial charge in [-0.05, 0) is 67.0 Å². The molecule has 4 heterocycles. The first kappa shape index (κ1) is 51.3. The number of anilines is 2. The van der Waals surface area contributed by atoms with Crippen LogP contribution in [0.25, 0.3) is 33.4 Å². The topological polar surface area (TPSA) is 254 Å². The number of carbonyl (C=O) groups excluding carboxylic acids is 2. The summed E-state index contributed by atoms with van der Waals surface area (Å²) in [7, 11) is 0. The molecular formula is C48H67N9O12. The Balaban J connectivity index is 0.638. The van der Waals surface area contributed by atoms with E-state index in [0.29, 0.717) is 172 Å². The number of ether oxygens (including phenoxy) is 9. The van der Waals surface area contributed by atoms with Gasteiger partial charge in [0, 0.05) is 25.2 Å². The zero-order chi connectivity index (χ0) is 47.9. The van der Waals surface area contributed by atoms with Crippen molar-refractivity contribution in [3.8, 4) is 11.3 Å². The number of rotatable bonds is 31. The van der Waals surface area contributed by atoms with Crippen molar-refractivity contribution < 1.29 is 56.6 Å². The number of fused-ring (bicyclic) bond motifs is 3. The largest absolute Gasteiger partial charge is 0.446 e. The summed E-state index contributed by atoms with van der Waals surface area (Å²) in [5.41, 5.74) is 18.8. The van der Waals surface area contributed by atoms with Crippen LogP contribution in [-0.4, -0.2) is 167 Å². The fourth-order valence-electron chi connectivity index (χ4n) is 8.09. The Morgan fingerprint density at radius 1 is 0.710 bits per heavy atom. The van der Waals surface area contributed by atoms with Gasteiger partial charge in [0.25, 0.3) is 6.01 Å². The number of hydrogen-bond donors (Lipinski definition) is 3. The number of aromatic nitrogens is 5. The quantitative estimate of drug-likeness (QED) is 0.0523. The Kier molecular flexibility index (Phi) is 21.0. The Morgan fingerprint density at radius 3 is 1.99 bits per heavy atom. The molecule has 1 aliphatic carbocycles. The molecule has 1 aliphatic heterocycles. The molecule has 0 bridgehead atoms. The van der Waals surface area contributed by atoms with Gasteiger partial charge < -0.3 is 68.7 Å². The van der Waals surface area contributed by atoms with Crippen molar-refractivity contribution in [2.75, 3.05) is 130 Å². The van der Waals surface area contributed by atoms with Gasteiger partial charge in [0.05, 0.1) is 124 Å². The monoisotopic (exact) mass is 961 g/mol. The second-order valence-corrected chi connectivity index (χ2v) is 16.6. The van der Waals surface area contributed by atoms with E-state index in [1.165, 1.54) is 18.3 Å². The molecule has 0 spiro atoms. The first-order valence-electron chi connectivity index (χ1n) is 24.0. The molecule has 21 heteroatoms. The molecule has 1 saturated carbocycles. The lowest BCUT2D eigenvalue weighted by atomic mass is 9.97. The van der Waals surface area contributed by atoms with Crippen LogP contribution < -0.4 is 16.8 Å². The molecule has 69 heavy (non-hydrogen) atoms. The van der Waals surface area contributed by atoms with Crippen LogP contribution in [0.2, 0.25) is 0 Å². The van der Waals surface area contributed by atoms with Gasteiger partial charge in [-0.2, -0.15) is 10.1 Å². The number of nitrogens with one attached hydrogen (secondary N) is 1. The molecule has 0 radical (unpaired) electrons. The van der Waals surface area contributed by atoms with Crippen LogP contribution in [0.5, 0.6) is 0 Å². The average Bonchev–Trinajstić information content (AvgIpc) is 3.93. The SMILES string of the molecule is Nc1nc2cc(-c3nn(Cc4ccc5c(c4)CCN(C(=O)CCOCCOCCOCCOCCOCCOCCOCCOCCNC(=O)OC4CCCCC4)C5)c4ncnc(N)c34)ccc2o1. The highest BCUT2D eigenvalue weighted by Crippen LogP contribution is 2.33. The van der Waals surface area contributed by atoms with Crippen LogP contribution in [0.15, 0.2) is 47.1 Å². The van der Waals surface area contributed by atoms with Gasteiger partial charge in [0.15, 0.2) is 11.2 Å². The van der Waals surface area contributed by atoms with Gasteiger partial charge in [-0.1, -0.05) is 24.6 Å². The van der Waals surface area contributed by atoms with E-state index in [0.717, 1.165) is 48.8 Å². The highest BCUT2D eigenvalue weighted by Gasteiger charge is 2.23. The number of nitrogens with zero attached hydrogens (tertiary/aromatic N) is 6. The zero-order valence-electron chi connectivity index (χ0n) is 39.4. The molecule has 0 unspecified atom stereocenters. The number of amides is 2. The number of alkyl carbamates (subject to hydrolysis) is 1. The van der Waals surface area contributed by atoms with Gasteiger partial charge in [-0.3, -0.25) is 4.79 Å². The second-order valence-electron chi connectivity index (χ2n) is 16.6. The van der Waals surface area contributed by atoms with Crippen LogP contribution in [0, 0.1) is 0 Å². The Labute approximate surface area is 401 Å². The maximum atomic E-state index is 13.0. The fourth-order valence-corrected chi connectivity index (χ4v) is 8.09. The maximum absolute atomic E-state index is 13.0. The van der Waals surface area contributed by atoms with Gasteiger partial charge in [-0.25, -0.2) is 19.4 Å². The van der Waals surface area contributed by atoms with Crippen LogP contribution in [0.1, 0.15) is 55.2 Å². The summed E-state index contributed by atoms with van der Waals surface area (Å²) in [5.74, 6) is 0.401. The van der Waals surface area contributed by atoms with E-state index in [-0.39, 0.29) is 24.1 Å². The van der Waals surface area contributed by atoms with Crippen LogP contribution in [0.4, 0.5) is 16.6 Å². The number of carbonyl (C=O) groups is 2. The van der Waals surface area contributed by atoms with Crippen LogP contribution in [-0.2, 0) is 66.9 Å². The number of oxazole rings is 1. The first-order chi connectivity index (χ1) is 33.9. The lowest BCUT2D eigenvalue weighted by molar-refractivity contribution is -0.133. The van der Waals surface area contributed by atoms with Crippen LogP contribution in [0.3, 0.4) is 0 Å². The summed E-state index contributed by atoms with van der Waals surface area (Å²) >= 11 is 0. The second kappa shape index (κ2) is 28.2. The summed E-state index contributed by atoms with van der Waals surface area (Å²) < 4.78 is 57.1. The third kappa shape index (κ3) is 16.6. The smallest absolute Gasteiger partial charge is 0.407 e. The molecule has 5 N–H and O–H groups in total. The molecule has 3 aromatic heterocycles. The van der Waals surface area contributed by atoms with E-state index in [1.807, 2.05) is 21.7 Å². The van der Waals surface area contributed by atoms with Crippen molar-refractivity contribution in [2.24, 2.45) is 0 Å². The van der Waals surface area contributed by atoms with Crippen molar-refractivity contribution >= 4 is 46.0 Å². The highest BCUT2D eigenvalue weighted by molar-refractivity contribution is 5.99. The summed E-state index contributed by atoms with van der Waals surface area (Å²) in [4.78, 5) is 39.8. The van der Waals surface area contributed by atoms with Crippen molar-refractivity contribution in [3.05, 3.63) is 59.4 Å². The van der Waals surface area contributed by atoms with Gasteiger partial charge in [-0.15, -0.1) is 0 Å². The molecule has 7 rings (SSSR count). The van der Waals surface area contributed by atoms with E-state index in [4.69, 9.17) is 63.6 Å². The average molecular weight is 962 g/mol.